The zero-order valence-electron chi connectivity index (χ0n) is 11.4. The van der Waals surface area contributed by atoms with Crippen molar-refractivity contribution < 1.29 is 10.2 Å². The minimum absolute atomic E-state index is 0.202. The summed E-state index contributed by atoms with van der Waals surface area (Å²) in [4.78, 5) is 4.55. The quantitative estimate of drug-likeness (QED) is 0.784. The molecule has 5 heteroatoms. The fourth-order valence-electron chi connectivity index (χ4n) is 2.34. The van der Waals surface area contributed by atoms with Gasteiger partial charge in [-0.25, -0.2) is 0 Å². The molecule has 0 saturated heterocycles. The van der Waals surface area contributed by atoms with Crippen LogP contribution >= 0.6 is 11.6 Å². The highest BCUT2D eigenvalue weighted by molar-refractivity contribution is 6.30. The van der Waals surface area contributed by atoms with Crippen molar-refractivity contribution in [3.05, 3.63) is 40.6 Å². The summed E-state index contributed by atoms with van der Waals surface area (Å²) in [6.45, 7) is 1.58. The van der Waals surface area contributed by atoms with Gasteiger partial charge >= 0.3 is 0 Å². The van der Waals surface area contributed by atoms with Gasteiger partial charge in [-0.05, 0) is 43.5 Å². The molecule has 1 aromatic carbocycles. The van der Waals surface area contributed by atoms with Gasteiger partial charge in [-0.1, -0.05) is 17.7 Å². The van der Waals surface area contributed by atoms with Crippen molar-refractivity contribution in [2.24, 2.45) is 10.7 Å². The van der Waals surface area contributed by atoms with Gasteiger partial charge in [0.1, 0.15) is 0 Å². The molecule has 1 atom stereocenters. The van der Waals surface area contributed by atoms with E-state index in [9.17, 15) is 10.2 Å². The highest BCUT2D eigenvalue weighted by Gasteiger charge is 2.31. The van der Waals surface area contributed by atoms with Crippen LogP contribution in [0.15, 0.2) is 40.5 Å². The minimum Gasteiger partial charge on any atom is -0.400 e. The first-order valence-electron chi connectivity index (χ1n) is 6.55. The Hall–Kier alpha value is -1.36. The van der Waals surface area contributed by atoms with E-state index in [1.807, 2.05) is 12.1 Å². The number of allylic oxidation sites excluding steroid dienone is 1. The van der Waals surface area contributed by atoms with Crippen LogP contribution in [0.3, 0.4) is 0 Å². The molecule has 0 aromatic heterocycles. The van der Waals surface area contributed by atoms with Crippen LogP contribution in [0.25, 0.3) is 0 Å². The van der Waals surface area contributed by atoms with E-state index in [0.29, 0.717) is 35.7 Å². The molecule has 2 rings (SSSR count). The van der Waals surface area contributed by atoms with E-state index in [1.54, 1.807) is 19.1 Å². The molecule has 4 nitrogen and oxygen atoms in total. The Labute approximate surface area is 123 Å². The number of benzene rings is 1. The number of nitrogens with two attached hydrogens (primary N) is 1. The van der Waals surface area contributed by atoms with Crippen LogP contribution in [0.5, 0.6) is 0 Å². The average molecular weight is 295 g/mol. The minimum atomic E-state index is -0.795. The van der Waals surface area contributed by atoms with Gasteiger partial charge in [0.05, 0.1) is 17.9 Å². The lowest BCUT2D eigenvalue weighted by Gasteiger charge is -2.31. The molecule has 0 amide bonds. The Morgan fingerprint density at radius 1 is 1.50 bits per heavy atom. The predicted octanol–water partition coefficient (Wildman–Crippen LogP) is 2.55. The molecule has 1 unspecified atom stereocenters. The number of hydrogen-bond acceptors (Lipinski definition) is 4. The van der Waals surface area contributed by atoms with E-state index in [0.717, 1.165) is 11.3 Å². The SMILES string of the molecule is CC1(O)CC/C(=C(/N)CO)C(=Nc2cccc(Cl)c2)C1. The number of halogens is 1. The predicted molar refractivity (Wildman–Crippen MR) is 81.3 cm³/mol. The lowest BCUT2D eigenvalue weighted by molar-refractivity contribution is 0.0547. The molecule has 0 bridgehead atoms. The molecule has 0 spiro atoms. The van der Waals surface area contributed by atoms with Crippen LogP contribution in [0.1, 0.15) is 26.2 Å². The van der Waals surface area contributed by atoms with Crippen LogP contribution in [-0.4, -0.2) is 28.1 Å². The summed E-state index contributed by atoms with van der Waals surface area (Å²) >= 11 is 5.95. The van der Waals surface area contributed by atoms with Crippen molar-refractivity contribution in [2.45, 2.75) is 31.8 Å². The summed E-state index contributed by atoms with van der Waals surface area (Å²) in [5.74, 6) is 0. The zero-order valence-corrected chi connectivity index (χ0v) is 12.2. The van der Waals surface area contributed by atoms with Crippen molar-refractivity contribution in [1.29, 1.82) is 0 Å². The number of aliphatic imine (C=N–C) groups is 1. The Morgan fingerprint density at radius 2 is 2.25 bits per heavy atom. The van der Waals surface area contributed by atoms with Crippen LogP contribution in [-0.2, 0) is 0 Å². The summed E-state index contributed by atoms with van der Waals surface area (Å²) in [7, 11) is 0. The first-order chi connectivity index (χ1) is 9.41. The molecule has 1 fully saturated rings. The second kappa shape index (κ2) is 5.95. The molecule has 1 saturated carbocycles. The van der Waals surface area contributed by atoms with Crippen LogP contribution in [0.2, 0.25) is 5.02 Å². The number of rotatable bonds is 2. The van der Waals surface area contributed by atoms with Crippen LogP contribution < -0.4 is 5.73 Å². The normalized spacial score (nSPS) is 27.7. The Morgan fingerprint density at radius 3 is 2.90 bits per heavy atom. The molecule has 1 aliphatic carbocycles. The second-order valence-electron chi connectivity index (χ2n) is 5.37. The second-order valence-corrected chi connectivity index (χ2v) is 5.81. The largest absolute Gasteiger partial charge is 0.400 e. The lowest BCUT2D eigenvalue weighted by atomic mass is 9.81. The van der Waals surface area contributed by atoms with Gasteiger partial charge < -0.3 is 15.9 Å². The van der Waals surface area contributed by atoms with Crippen molar-refractivity contribution in [2.75, 3.05) is 6.61 Å². The van der Waals surface area contributed by atoms with E-state index in [4.69, 9.17) is 17.3 Å². The van der Waals surface area contributed by atoms with E-state index in [1.165, 1.54) is 0 Å². The first-order valence-corrected chi connectivity index (χ1v) is 6.93. The highest BCUT2D eigenvalue weighted by atomic mass is 35.5. The maximum absolute atomic E-state index is 10.2. The molecule has 1 aliphatic rings. The van der Waals surface area contributed by atoms with Crippen LogP contribution in [0.4, 0.5) is 5.69 Å². The molecule has 0 aliphatic heterocycles. The molecule has 108 valence electrons. The highest BCUT2D eigenvalue weighted by Crippen LogP contribution is 2.32. The smallest absolute Gasteiger partial charge is 0.0828 e. The Kier molecular flexibility index (Phi) is 4.48. The third kappa shape index (κ3) is 3.60. The van der Waals surface area contributed by atoms with E-state index in [2.05, 4.69) is 4.99 Å². The molecule has 4 N–H and O–H groups in total. The van der Waals surface area contributed by atoms with E-state index in [-0.39, 0.29) is 6.61 Å². The number of aliphatic hydroxyl groups excluding tert-OH is 1. The zero-order chi connectivity index (χ0) is 14.8. The van der Waals surface area contributed by atoms with Gasteiger partial charge in [0.25, 0.3) is 0 Å². The molecule has 0 heterocycles. The van der Waals surface area contributed by atoms with E-state index >= 15 is 0 Å². The molecule has 20 heavy (non-hydrogen) atoms. The van der Waals surface area contributed by atoms with Gasteiger partial charge in [-0.3, -0.25) is 4.99 Å². The van der Waals surface area contributed by atoms with Gasteiger partial charge in [0.15, 0.2) is 0 Å². The number of nitrogens with zero attached hydrogens (tertiary/aromatic N) is 1. The summed E-state index contributed by atoms with van der Waals surface area (Å²) in [6, 6.07) is 7.20. The van der Waals surface area contributed by atoms with Crippen molar-refractivity contribution in [3.8, 4) is 0 Å². The van der Waals surface area contributed by atoms with Crippen molar-refractivity contribution in [3.63, 3.8) is 0 Å². The van der Waals surface area contributed by atoms with Gasteiger partial charge in [-0.2, -0.15) is 0 Å². The topological polar surface area (TPSA) is 78.8 Å². The number of aliphatic hydroxyl groups is 2. The fraction of sp³-hybridized carbons (Fsp3) is 0.400. The fourth-order valence-corrected chi connectivity index (χ4v) is 2.53. The molecular weight excluding hydrogens is 276 g/mol. The van der Waals surface area contributed by atoms with Crippen molar-refractivity contribution >= 4 is 23.0 Å². The monoisotopic (exact) mass is 294 g/mol. The lowest BCUT2D eigenvalue weighted by Crippen LogP contribution is -2.34. The molecule has 0 radical (unpaired) electrons. The van der Waals surface area contributed by atoms with E-state index < -0.39 is 5.60 Å². The summed E-state index contributed by atoms with van der Waals surface area (Å²) in [5, 5.41) is 20.0. The standard InChI is InChI=1S/C15H19ClN2O2/c1-15(20)6-5-12(13(17)9-19)14(8-15)18-11-4-2-3-10(16)7-11/h2-4,7,19-20H,5-6,8-9,17H2,1H3/b13-12-,18-14?. The van der Waals surface area contributed by atoms with Gasteiger partial charge in [0, 0.05) is 22.9 Å². The Bertz CT molecular complexity index is 565. The Balaban J connectivity index is 2.42. The summed E-state index contributed by atoms with van der Waals surface area (Å²) in [5.41, 5.74) is 7.74. The maximum atomic E-state index is 10.2. The summed E-state index contributed by atoms with van der Waals surface area (Å²) < 4.78 is 0. The first kappa shape index (κ1) is 15.0. The third-order valence-electron chi connectivity index (χ3n) is 3.44. The maximum Gasteiger partial charge on any atom is 0.0828 e. The molecule has 1 aromatic rings. The van der Waals surface area contributed by atoms with Crippen LogP contribution in [0, 0.1) is 0 Å². The average Bonchev–Trinajstić information content (AvgIpc) is 2.37. The summed E-state index contributed by atoms with van der Waals surface area (Å²) in [6.07, 6.45) is 1.63. The third-order valence-corrected chi connectivity index (χ3v) is 3.68. The van der Waals surface area contributed by atoms with Gasteiger partial charge in [0.2, 0.25) is 0 Å². The molecular formula is C15H19ClN2O2. The van der Waals surface area contributed by atoms with Crippen molar-refractivity contribution in [1.82, 2.24) is 0 Å². The van der Waals surface area contributed by atoms with Gasteiger partial charge in [-0.15, -0.1) is 0 Å². The number of hydrogen-bond donors (Lipinski definition) is 3.